The number of hydrogen-bond acceptors (Lipinski definition) is 6. The molecule has 0 heterocycles. The van der Waals surface area contributed by atoms with Gasteiger partial charge >= 0.3 is 17.9 Å². The van der Waals surface area contributed by atoms with E-state index in [1.54, 1.807) is 0 Å². The van der Waals surface area contributed by atoms with Crippen LogP contribution in [-0.2, 0) is 28.6 Å². The minimum atomic E-state index is -0.831. The second-order valence-corrected chi connectivity index (χ2v) is 20.2. The molecule has 0 saturated carbocycles. The molecule has 1 atom stereocenters. The number of hydrogen-bond donors (Lipinski definition) is 0. The summed E-state index contributed by atoms with van der Waals surface area (Å²) in [5.41, 5.74) is 0. The summed E-state index contributed by atoms with van der Waals surface area (Å²) in [4.78, 5) is 38.3. The number of carbonyl (C=O) groups is 3. The summed E-state index contributed by atoms with van der Waals surface area (Å²) < 4.78 is 16.8. The molecule has 6 heteroatoms. The zero-order valence-electron chi connectivity index (χ0n) is 50.6. The molecule has 0 radical (unpaired) electrons. The molecule has 0 spiro atoms. The Morgan fingerprint density at radius 3 is 0.861 bits per heavy atom. The predicted molar refractivity (Wildman–Crippen MR) is 343 cm³/mol. The van der Waals surface area contributed by atoms with Gasteiger partial charge in [0.05, 0.1) is 0 Å². The highest BCUT2D eigenvalue weighted by Gasteiger charge is 2.19. The Bertz CT molecular complexity index is 1820. The van der Waals surface area contributed by atoms with Crippen molar-refractivity contribution in [2.24, 2.45) is 0 Å². The third-order valence-corrected chi connectivity index (χ3v) is 12.7. The summed E-state index contributed by atoms with van der Waals surface area (Å²) in [5, 5.41) is 0. The van der Waals surface area contributed by atoms with E-state index in [4.69, 9.17) is 14.2 Å². The van der Waals surface area contributed by atoms with Crippen LogP contribution in [0.25, 0.3) is 0 Å². The summed E-state index contributed by atoms with van der Waals surface area (Å²) in [6, 6.07) is 0. The lowest BCUT2D eigenvalue weighted by Crippen LogP contribution is -2.30. The average Bonchev–Trinajstić information content (AvgIpc) is 3.45. The molecule has 0 aliphatic rings. The molecule has 6 nitrogen and oxygen atoms in total. The fraction of sp³-hybridized carbons (Fsp3) is 0.575. The molecule has 0 rings (SSSR count). The van der Waals surface area contributed by atoms with Crippen molar-refractivity contribution in [3.63, 3.8) is 0 Å². The summed E-state index contributed by atoms with van der Waals surface area (Å²) in [6.07, 6.45) is 96.5. The van der Waals surface area contributed by atoms with Gasteiger partial charge < -0.3 is 14.2 Å². The van der Waals surface area contributed by atoms with Gasteiger partial charge in [-0.3, -0.25) is 14.4 Å². The van der Waals surface area contributed by atoms with Gasteiger partial charge in [0.2, 0.25) is 0 Å². The molecule has 0 saturated heterocycles. The Morgan fingerprint density at radius 1 is 0.266 bits per heavy atom. The van der Waals surface area contributed by atoms with Crippen LogP contribution in [-0.4, -0.2) is 37.2 Å². The monoisotopic (exact) mass is 1090 g/mol. The van der Waals surface area contributed by atoms with Gasteiger partial charge in [0, 0.05) is 19.3 Å². The van der Waals surface area contributed by atoms with Crippen LogP contribution in [0.1, 0.15) is 252 Å². The number of rotatable bonds is 55. The van der Waals surface area contributed by atoms with Crippen LogP contribution < -0.4 is 0 Å². The van der Waals surface area contributed by atoms with Crippen molar-refractivity contribution >= 4 is 17.9 Å². The first-order valence-electron chi connectivity index (χ1n) is 31.6. The van der Waals surface area contributed by atoms with E-state index in [1.807, 2.05) is 0 Å². The highest BCUT2D eigenvalue weighted by molar-refractivity contribution is 5.71. The number of allylic oxidation sites excluding steroid dienone is 28. The van der Waals surface area contributed by atoms with Crippen LogP contribution in [0.15, 0.2) is 170 Å². The van der Waals surface area contributed by atoms with Crippen molar-refractivity contribution in [1.82, 2.24) is 0 Å². The predicted octanol–water partition coefficient (Wildman–Crippen LogP) is 21.9. The van der Waals surface area contributed by atoms with Crippen molar-refractivity contribution < 1.29 is 28.6 Å². The molecule has 0 N–H and O–H groups in total. The Labute approximate surface area is 485 Å². The van der Waals surface area contributed by atoms with Crippen molar-refractivity contribution in [2.75, 3.05) is 13.2 Å². The van der Waals surface area contributed by atoms with Crippen molar-refractivity contribution in [3.05, 3.63) is 170 Å². The quantitative estimate of drug-likeness (QED) is 0.0261. The van der Waals surface area contributed by atoms with E-state index in [-0.39, 0.29) is 44.0 Å². The van der Waals surface area contributed by atoms with Crippen LogP contribution in [0.2, 0.25) is 0 Å². The number of unbranched alkanes of at least 4 members (excludes halogenated alkanes) is 16. The normalized spacial score (nSPS) is 13.3. The molecule has 79 heavy (non-hydrogen) atoms. The molecule has 0 aromatic carbocycles. The number of esters is 3. The molecular formula is C73H114O6. The summed E-state index contributed by atoms with van der Waals surface area (Å²) in [6.45, 7) is 6.31. The smallest absolute Gasteiger partial charge is 0.306 e. The highest BCUT2D eigenvalue weighted by Crippen LogP contribution is 2.13. The molecule has 0 aliphatic carbocycles. The lowest BCUT2D eigenvalue weighted by molar-refractivity contribution is -0.167. The zero-order valence-corrected chi connectivity index (χ0v) is 50.6. The molecule has 0 aliphatic heterocycles. The topological polar surface area (TPSA) is 78.9 Å². The van der Waals surface area contributed by atoms with Gasteiger partial charge in [0.1, 0.15) is 13.2 Å². The first kappa shape index (κ1) is 73.8. The maximum Gasteiger partial charge on any atom is 0.306 e. The molecule has 0 amide bonds. The van der Waals surface area contributed by atoms with Crippen LogP contribution in [0.3, 0.4) is 0 Å². The van der Waals surface area contributed by atoms with E-state index < -0.39 is 6.10 Å². The Hall–Kier alpha value is -5.23. The third kappa shape index (κ3) is 63.5. The third-order valence-electron chi connectivity index (χ3n) is 12.7. The van der Waals surface area contributed by atoms with Crippen LogP contribution >= 0.6 is 0 Å². The van der Waals surface area contributed by atoms with Gasteiger partial charge in [-0.25, -0.2) is 0 Å². The summed E-state index contributed by atoms with van der Waals surface area (Å²) in [7, 11) is 0. The maximum atomic E-state index is 12.9. The Morgan fingerprint density at radius 2 is 0.506 bits per heavy atom. The van der Waals surface area contributed by atoms with Crippen LogP contribution in [0.5, 0.6) is 0 Å². The Balaban J connectivity index is 4.52. The largest absolute Gasteiger partial charge is 0.462 e. The van der Waals surface area contributed by atoms with E-state index in [1.165, 1.54) is 77.0 Å². The van der Waals surface area contributed by atoms with E-state index in [0.29, 0.717) is 19.3 Å². The van der Waals surface area contributed by atoms with Crippen LogP contribution in [0.4, 0.5) is 0 Å². The van der Waals surface area contributed by atoms with Gasteiger partial charge in [0.25, 0.3) is 0 Å². The second-order valence-electron chi connectivity index (χ2n) is 20.2. The molecule has 0 fully saturated rings. The lowest BCUT2D eigenvalue weighted by Gasteiger charge is -2.18. The minimum Gasteiger partial charge on any atom is -0.462 e. The van der Waals surface area contributed by atoms with Gasteiger partial charge in [-0.05, 0) is 148 Å². The Kier molecular flexibility index (Phi) is 61.0. The molecule has 0 aromatic rings. The van der Waals surface area contributed by atoms with Crippen LogP contribution in [0, 0.1) is 0 Å². The second kappa shape index (κ2) is 65.3. The average molecular weight is 1090 g/mol. The van der Waals surface area contributed by atoms with E-state index in [9.17, 15) is 14.4 Å². The molecule has 442 valence electrons. The van der Waals surface area contributed by atoms with E-state index in [2.05, 4.69) is 191 Å². The molecule has 0 bridgehead atoms. The fourth-order valence-electron chi connectivity index (χ4n) is 8.02. The van der Waals surface area contributed by atoms with Gasteiger partial charge in [-0.1, -0.05) is 255 Å². The van der Waals surface area contributed by atoms with Crippen molar-refractivity contribution in [1.29, 1.82) is 0 Å². The summed E-state index contributed by atoms with van der Waals surface area (Å²) in [5.74, 6) is -1.04. The first-order chi connectivity index (χ1) is 39.0. The van der Waals surface area contributed by atoms with Crippen molar-refractivity contribution in [3.8, 4) is 0 Å². The molecular weight excluding hydrogens is 973 g/mol. The standard InChI is InChI=1S/C73H114O6/c1-4-7-10-13-16-19-22-25-28-30-31-32-33-34-35-36-37-38-39-40-41-43-45-48-51-54-57-60-63-66-72(75)78-69-70(68-77-71(74)65-62-59-56-53-50-47-44-27-24-21-18-15-12-9-6-3)79-73(76)67-64-61-58-55-52-49-46-42-29-26-23-20-17-14-11-8-5-2/h7,9-10,12,16,18-19,21,25-29,31-32,34-35,37-38,40-41,44-45,48,50,53-54,57,70H,4-6,8,11,13-15,17,20,22-24,30,33,36,39,42-43,46-47,49,51-52,55-56,58-69H2,1-3H3/b10-7-,12-9-,19-16-,21-18-,28-25-,29-26-,32-31-,35-34-,38-37-,41-40-,44-27-,48-45-,53-50-,57-54-. The SMILES string of the molecule is CC/C=C\C/C=C\C/C=C\C/C=C\C/C=C\C/C=C\C/C=C\C/C=C\C/C=C\CCCC(=O)OCC(COC(=O)CCCC/C=C\C/C=C\C/C=C\C/C=C\CC)OC(=O)CCCCCCCCC/C=C\CCCCCCCC. The summed E-state index contributed by atoms with van der Waals surface area (Å²) >= 11 is 0. The van der Waals surface area contributed by atoms with E-state index >= 15 is 0 Å². The van der Waals surface area contributed by atoms with Gasteiger partial charge in [-0.15, -0.1) is 0 Å². The lowest BCUT2D eigenvalue weighted by atomic mass is 10.1. The zero-order chi connectivity index (χ0) is 57.1. The molecule has 0 aromatic heterocycles. The fourth-order valence-corrected chi connectivity index (χ4v) is 8.02. The van der Waals surface area contributed by atoms with Crippen molar-refractivity contribution in [2.45, 2.75) is 258 Å². The van der Waals surface area contributed by atoms with E-state index in [0.717, 1.165) is 122 Å². The number of carbonyl (C=O) groups excluding carboxylic acids is 3. The number of ether oxygens (including phenoxy) is 3. The minimum absolute atomic E-state index is 0.127. The maximum absolute atomic E-state index is 12.9. The highest BCUT2D eigenvalue weighted by atomic mass is 16.6. The molecule has 1 unspecified atom stereocenters. The van der Waals surface area contributed by atoms with Gasteiger partial charge in [-0.2, -0.15) is 0 Å². The van der Waals surface area contributed by atoms with Gasteiger partial charge in [0.15, 0.2) is 6.10 Å². The first-order valence-corrected chi connectivity index (χ1v) is 31.6.